The Morgan fingerprint density at radius 2 is 2.06 bits per heavy atom. The highest BCUT2D eigenvalue weighted by Gasteiger charge is 2.23. The third kappa shape index (κ3) is 2.81. The molecule has 0 amide bonds. The van der Waals surface area contributed by atoms with E-state index in [2.05, 4.69) is 24.0 Å². The molecule has 0 spiro atoms. The SMILES string of the molecule is CCN(c1ccc([C@@H](C)N)cc1Cl)C1CCCC1. The van der Waals surface area contributed by atoms with Crippen LogP contribution in [0, 0.1) is 0 Å². The van der Waals surface area contributed by atoms with Crippen molar-refractivity contribution in [2.45, 2.75) is 51.6 Å². The molecule has 3 heteroatoms. The summed E-state index contributed by atoms with van der Waals surface area (Å²) in [7, 11) is 0. The van der Waals surface area contributed by atoms with Gasteiger partial charge in [-0.25, -0.2) is 0 Å². The van der Waals surface area contributed by atoms with Crippen LogP contribution >= 0.6 is 11.6 Å². The van der Waals surface area contributed by atoms with Crippen molar-refractivity contribution in [1.29, 1.82) is 0 Å². The van der Waals surface area contributed by atoms with Crippen molar-refractivity contribution in [2.24, 2.45) is 5.73 Å². The molecule has 2 rings (SSSR count). The van der Waals surface area contributed by atoms with Crippen LogP contribution < -0.4 is 10.6 Å². The van der Waals surface area contributed by atoms with E-state index in [0.29, 0.717) is 6.04 Å². The van der Waals surface area contributed by atoms with Gasteiger partial charge in [-0.05, 0) is 44.4 Å². The van der Waals surface area contributed by atoms with Crippen LogP contribution in [0.15, 0.2) is 18.2 Å². The van der Waals surface area contributed by atoms with Crippen LogP contribution in [0.5, 0.6) is 0 Å². The monoisotopic (exact) mass is 266 g/mol. The molecule has 1 atom stereocenters. The number of hydrogen-bond acceptors (Lipinski definition) is 2. The van der Waals surface area contributed by atoms with Crippen LogP contribution in [-0.4, -0.2) is 12.6 Å². The van der Waals surface area contributed by atoms with E-state index in [4.69, 9.17) is 17.3 Å². The highest BCUT2D eigenvalue weighted by molar-refractivity contribution is 6.33. The zero-order valence-electron chi connectivity index (χ0n) is 11.3. The number of hydrogen-bond donors (Lipinski definition) is 1. The second kappa shape index (κ2) is 5.94. The second-order valence-electron chi connectivity index (χ2n) is 5.22. The van der Waals surface area contributed by atoms with E-state index in [1.165, 1.54) is 25.7 Å². The van der Waals surface area contributed by atoms with Crippen molar-refractivity contribution in [3.05, 3.63) is 28.8 Å². The number of nitrogens with zero attached hydrogens (tertiary/aromatic N) is 1. The zero-order chi connectivity index (χ0) is 13.1. The summed E-state index contributed by atoms with van der Waals surface area (Å²) in [5.74, 6) is 0. The van der Waals surface area contributed by atoms with Gasteiger partial charge in [-0.15, -0.1) is 0 Å². The Kier molecular flexibility index (Phi) is 4.52. The summed E-state index contributed by atoms with van der Waals surface area (Å²) in [5.41, 5.74) is 8.16. The van der Waals surface area contributed by atoms with Gasteiger partial charge in [-0.1, -0.05) is 30.5 Å². The van der Waals surface area contributed by atoms with Gasteiger partial charge in [0.25, 0.3) is 0 Å². The van der Waals surface area contributed by atoms with Crippen molar-refractivity contribution < 1.29 is 0 Å². The van der Waals surface area contributed by atoms with E-state index in [1.807, 2.05) is 13.0 Å². The largest absolute Gasteiger partial charge is 0.368 e. The van der Waals surface area contributed by atoms with Gasteiger partial charge in [0.15, 0.2) is 0 Å². The first-order chi connectivity index (χ1) is 8.63. The summed E-state index contributed by atoms with van der Waals surface area (Å²) < 4.78 is 0. The highest BCUT2D eigenvalue weighted by atomic mass is 35.5. The first kappa shape index (κ1) is 13.7. The highest BCUT2D eigenvalue weighted by Crippen LogP contribution is 2.34. The summed E-state index contributed by atoms with van der Waals surface area (Å²) >= 11 is 6.43. The fraction of sp³-hybridized carbons (Fsp3) is 0.600. The lowest BCUT2D eigenvalue weighted by atomic mass is 10.1. The molecule has 2 N–H and O–H groups in total. The Hall–Kier alpha value is -0.730. The van der Waals surface area contributed by atoms with Crippen molar-refractivity contribution >= 4 is 17.3 Å². The van der Waals surface area contributed by atoms with Gasteiger partial charge in [-0.2, -0.15) is 0 Å². The lowest BCUT2D eigenvalue weighted by molar-refractivity contribution is 0.620. The Balaban J connectivity index is 2.25. The number of benzene rings is 1. The van der Waals surface area contributed by atoms with Crippen molar-refractivity contribution in [1.82, 2.24) is 0 Å². The first-order valence-electron chi connectivity index (χ1n) is 6.95. The maximum atomic E-state index is 6.43. The summed E-state index contributed by atoms with van der Waals surface area (Å²) in [5, 5.41) is 0.832. The van der Waals surface area contributed by atoms with Crippen molar-refractivity contribution in [3.8, 4) is 0 Å². The fourth-order valence-electron chi connectivity index (χ4n) is 2.88. The number of anilines is 1. The van der Waals surface area contributed by atoms with Crippen LogP contribution in [0.4, 0.5) is 5.69 Å². The second-order valence-corrected chi connectivity index (χ2v) is 5.63. The standard InChI is InChI=1S/C15H23ClN2/c1-3-18(13-6-4-5-7-13)15-9-8-12(11(2)17)10-14(15)16/h8-11,13H,3-7,17H2,1-2H3/t11-/m1/s1. The maximum Gasteiger partial charge on any atom is 0.0642 e. The molecule has 1 aromatic rings. The van der Waals surface area contributed by atoms with Crippen LogP contribution in [0.25, 0.3) is 0 Å². The third-order valence-electron chi connectivity index (χ3n) is 3.91. The summed E-state index contributed by atoms with van der Waals surface area (Å²) in [4.78, 5) is 2.44. The Bertz CT molecular complexity index is 397. The molecule has 0 unspecified atom stereocenters. The molecule has 2 nitrogen and oxygen atoms in total. The van der Waals surface area contributed by atoms with Crippen LogP contribution in [-0.2, 0) is 0 Å². The minimum absolute atomic E-state index is 0.0399. The molecular formula is C15H23ClN2. The molecule has 1 aliphatic rings. The molecule has 0 aromatic heterocycles. The number of rotatable bonds is 4. The molecule has 100 valence electrons. The molecule has 1 aromatic carbocycles. The smallest absolute Gasteiger partial charge is 0.0642 e. The van der Waals surface area contributed by atoms with Gasteiger partial charge in [0.05, 0.1) is 10.7 Å². The average Bonchev–Trinajstić information content (AvgIpc) is 2.85. The van der Waals surface area contributed by atoms with E-state index in [9.17, 15) is 0 Å². The normalized spacial score (nSPS) is 18.0. The first-order valence-corrected chi connectivity index (χ1v) is 7.33. The van der Waals surface area contributed by atoms with Crippen molar-refractivity contribution in [3.63, 3.8) is 0 Å². The van der Waals surface area contributed by atoms with Gasteiger partial charge < -0.3 is 10.6 Å². The molecule has 0 bridgehead atoms. The van der Waals surface area contributed by atoms with E-state index < -0.39 is 0 Å². The predicted octanol–water partition coefficient (Wildman–Crippen LogP) is 4.13. The topological polar surface area (TPSA) is 29.3 Å². The van der Waals surface area contributed by atoms with Crippen LogP contribution in [0.2, 0.25) is 5.02 Å². The lowest BCUT2D eigenvalue weighted by Crippen LogP contribution is -2.33. The Labute approximate surface area is 115 Å². The van der Waals surface area contributed by atoms with Gasteiger partial charge in [-0.3, -0.25) is 0 Å². The lowest BCUT2D eigenvalue weighted by Gasteiger charge is -2.31. The Morgan fingerprint density at radius 1 is 1.39 bits per heavy atom. The summed E-state index contributed by atoms with van der Waals surface area (Å²) in [6.45, 7) is 5.20. The van der Waals surface area contributed by atoms with Crippen LogP contribution in [0.1, 0.15) is 51.1 Å². The van der Waals surface area contributed by atoms with Gasteiger partial charge in [0, 0.05) is 18.6 Å². The molecule has 0 heterocycles. The maximum absolute atomic E-state index is 6.43. The van der Waals surface area contributed by atoms with Crippen molar-refractivity contribution in [2.75, 3.05) is 11.4 Å². The summed E-state index contributed by atoms with van der Waals surface area (Å²) in [6.07, 6.45) is 5.27. The van der Waals surface area contributed by atoms with E-state index in [0.717, 1.165) is 22.8 Å². The third-order valence-corrected chi connectivity index (χ3v) is 4.22. The minimum Gasteiger partial charge on any atom is -0.368 e. The molecule has 0 saturated heterocycles. The average molecular weight is 267 g/mol. The molecular weight excluding hydrogens is 244 g/mol. The van der Waals surface area contributed by atoms with E-state index >= 15 is 0 Å². The summed E-state index contributed by atoms with van der Waals surface area (Å²) in [6, 6.07) is 6.94. The fourth-order valence-corrected chi connectivity index (χ4v) is 3.18. The van der Waals surface area contributed by atoms with Crippen LogP contribution in [0.3, 0.4) is 0 Å². The molecule has 1 aliphatic carbocycles. The molecule has 0 radical (unpaired) electrons. The number of halogens is 1. The minimum atomic E-state index is 0.0399. The number of nitrogens with two attached hydrogens (primary N) is 1. The predicted molar refractivity (Wildman–Crippen MR) is 79.3 cm³/mol. The van der Waals surface area contributed by atoms with E-state index in [1.54, 1.807) is 0 Å². The van der Waals surface area contributed by atoms with E-state index in [-0.39, 0.29) is 6.04 Å². The zero-order valence-corrected chi connectivity index (χ0v) is 12.1. The van der Waals surface area contributed by atoms with Gasteiger partial charge >= 0.3 is 0 Å². The van der Waals surface area contributed by atoms with Gasteiger partial charge in [0.2, 0.25) is 0 Å². The molecule has 0 aliphatic heterocycles. The Morgan fingerprint density at radius 3 is 2.56 bits per heavy atom. The molecule has 1 fully saturated rings. The quantitative estimate of drug-likeness (QED) is 0.888. The molecule has 1 saturated carbocycles. The molecule has 18 heavy (non-hydrogen) atoms. The van der Waals surface area contributed by atoms with Gasteiger partial charge in [0.1, 0.15) is 0 Å².